The van der Waals surface area contributed by atoms with Crippen LogP contribution in [0.5, 0.6) is 0 Å². The third-order valence-corrected chi connectivity index (χ3v) is 2.98. The van der Waals surface area contributed by atoms with E-state index in [2.05, 4.69) is 10.6 Å². The summed E-state index contributed by atoms with van der Waals surface area (Å²) in [4.78, 5) is 22.1. The lowest BCUT2D eigenvalue weighted by Crippen LogP contribution is -2.14. The van der Waals surface area contributed by atoms with E-state index in [4.69, 9.17) is 5.26 Å². The molecule has 0 bridgehead atoms. The molecule has 2 aromatic rings. The van der Waals surface area contributed by atoms with E-state index in [1.807, 2.05) is 0 Å². The molecule has 0 atom stereocenters. The molecular weight excluding hydrogens is 334 g/mol. The van der Waals surface area contributed by atoms with Gasteiger partial charge in [0.2, 0.25) is 0 Å². The Bertz CT molecular complexity index is 906. The van der Waals surface area contributed by atoms with E-state index >= 15 is 0 Å². The average molecular weight is 344 g/mol. The molecule has 0 fully saturated rings. The third-order valence-electron chi connectivity index (χ3n) is 2.98. The van der Waals surface area contributed by atoms with Gasteiger partial charge in [0.25, 0.3) is 11.6 Å². The molecule has 0 aromatic heterocycles. The van der Waals surface area contributed by atoms with E-state index in [0.717, 1.165) is 24.4 Å². The Hall–Kier alpha value is -3.80. The van der Waals surface area contributed by atoms with Crippen LogP contribution in [0, 0.1) is 33.1 Å². The van der Waals surface area contributed by atoms with Gasteiger partial charge in [-0.05, 0) is 18.2 Å². The molecule has 0 aliphatic heterocycles. The van der Waals surface area contributed by atoms with E-state index in [0.29, 0.717) is 6.07 Å². The maximum Gasteiger partial charge on any atom is 0.271 e. The first-order valence-corrected chi connectivity index (χ1v) is 6.78. The quantitative estimate of drug-likeness (QED) is 0.374. The number of benzene rings is 2. The van der Waals surface area contributed by atoms with Crippen molar-refractivity contribution in [1.82, 2.24) is 0 Å². The average Bonchev–Trinajstić information content (AvgIpc) is 2.57. The van der Waals surface area contributed by atoms with Crippen LogP contribution in [0.25, 0.3) is 0 Å². The van der Waals surface area contributed by atoms with E-state index < -0.39 is 28.0 Å². The lowest BCUT2D eigenvalue weighted by atomic mass is 10.2. The Morgan fingerprint density at radius 1 is 1.24 bits per heavy atom. The first kappa shape index (κ1) is 17.6. The predicted molar refractivity (Wildman–Crippen MR) is 85.4 cm³/mol. The largest absolute Gasteiger partial charge is 0.358 e. The normalized spacial score (nSPS) is 10.7. The fourth-order valence-corrected chi connectivity index (χ4v) is 1.80. The Kier molecular flexibility index (Phi) is 5.37. The number of carbonyl (C=O) groups is 1. The van der Waals surface area contributed by atoms with Crippen molar-refractivity contribution in [2.24, 2.45) is 0 Å². The van der Waals surface area contributed by atoms with Gasteiger partial charge in [0, 0.05) is 30.1 Å². The number of nitro groups is 1. The highest BCUT2D eigenvalue weighted by Crippen LogP contribution is 2.18. The molecule has 0 saturated carbocycles. The van der Waals surface area contributed by atoms with Crippen molar-refractivity contribution in [3.05, 3.63) is 76.0 Å². The Morgan fingerprint density at radius 2 is 2.00 bits per heavy atom. The Morgan fingerprint density at radius 3 is 2.64 bits per heavy atom. The summed E-state index contributed by atoms with van der Waals surface area (Å²) in [6.45, 7) is 0. The van der Waals surface area contributed by atoms with E-state index in [1.165, 1.54) is 18.2 Å². The zero-order valence-electron chi connectivity index (χ0n) is 12.5. The standard InChI is InChI=1S/C16H10F2N4O3/c17-11-4-5-15(14(18)6-11)20-9-10(8-19)16(23)21-12-2-1-3-13(7-12)22(24)25/h1-7,9,20H,(H,21,23)/b10-9-. The van der Waals surface area contributed by atoms with Crippen LogP contribution in [-0.2, 0) is 4.79 Å². The third kappa shape index (κ3) is 4.59. The molecule has 0 spiro atoms. The van der Waals surface area contributed by atoms with Crippen LogP contribution < -0.4 is 10.6 Å². The van der Waals surface area contributed by atoms with Gasteiger partial charge in [-0.15, -0.1) is 0 Å². The van der Waals surface area contributed by atoms with Crippen LogP contribution in [0.1, 0.15) is 0 Å². The highest BCUT2D eigenvalue weighted by Gasteiger charge is 2.12. The number of amides is 1. The number of hydrogen-bond donors (Lipinski definition) is 2. The zero-order chi connectivity index (χ0) is 18.4. The van der Waals surface area contributed by atoms with Crippen molar-refractivity contribution in [2.75, 3.05) is 10.6 Å². The van der Waals surface area contributed by atoms with Gasteiger partial charge in [0.1, 0.15) is 23.3 Å². The maximum absolute atomic E-state index is 13.5. The van der Waals surface area contributed by atoms with Crippen LogP contribution in [0.2, 0.25) is 0 Å². The van der Waals surface area contributed by atoms with Crippen molar-refractivity contribution in [1.29, 1.82) is 5.26 Å². The van der Waals surface area contributed by atoms with Crippen LogP contribution in [0.15, 0.2) is 54.2 Å². The molecule has 2 rings (SSSR count). The van der Waals surface area contributed by atoms with Gasteiger partial charge in [-0.1, -0.05) is 6.07 Å². The Balaban J connectivity index is 2.14. The molecule has 2 N–H and O–H groups in total. The minimum atomic E-state index is -0.896. The number of nitro benzene ring substituents is 1. The van der Waals surface area contributed by atoms with Gasteiger partial charge >= 0.3 is 0 Å². The lowest BCUT2D eigenvalue weighted by molar-refractivity contribution is -0.384. The molecule has 9 heteroatoms. The van der Waals surface area contributed by atoms with Gasteiger partial charge in [-0.3, -0.25) is 14.9 Å². The summed E-state index contributed by atoms with van der Waals surface area (Å²) in [7, 11) is 0. The van der Waals surface area contributed by atoms with Gasteiger partial charge in [-0.2, -0.15) is 5.26 Å². The highest BCUT2D eigenvalue weighted by molar-refractivity contribution is 6.06. The second-order valence-electron chi connectivity index (χ2n) is 4.70. The molecule has 0 aliphatic rings. The van der Waals surface area contributed by atoms with Crippen LogP contribution in [0.4, 0.5) is 25.8 Å². The van der Waals surface area contributed by atoms with E-state index in [1.54, 1.807) is 6.07 Å². The maximum atomic E-state index is 13.5. The summed E-state index contributed by atoms with van der Waals surface area (Å²) in [6.07, 6.45) is 0.947. The van der Waals surface area contributed by atoms with Crippen molar-refractivity contribution >= 4 is 23.0 Å². The van der Waals surface area contributed by atoms with Crippen molar-refractivity contribution in [3.63, 3.8) is 0 Å². The molecular formula is C16H10F2N4O3. The summed E-state index contributed by atoms with van der Waals surface area (Å²) >= 11 is 0. The van der Waals surface area contributed by atoms with Crippen LogP contribution in [0.3, 0.4) is 0 Å². The van der Waals surface area contributed by atoms with Gasteiger partial charge in [0.15, 0.2) is 0 Å². The topological polar surface area (TPSA) is 108 Å². The number of nitrogens with zero attached hydrogens (tertiary/aromatic N) is 2. The van der Waals surface area contributed by atoms with Crippen LogP contribution >= 0.6 is 0 Å². The number of rotatable bonds is 5. The first-order chi connectivity index (χ1) is 11.9. The van der Waals surface area contributed by atoms with Gasteiger partial charge in [0.05, 0.1) is 10.6 Å². The Labute approximate surface area is 140 Å². The minimum absolute atomic E-state index is 0.119. The molecule has 0 heterocycles. The molecule has 0 saturated heterocycles. The fraction of sp³-hybridized carbons (Fsp3) is 0. The minimum Gasteiger partial charge on any atom is -0.358 e. The number of halogens is 2. The number of nitrogens with one attached hydrogen (secondary N) is 2. The number of non-ortho nitro benzene ring substituents is 1. The van der Waals surface area contributed by atoms with Gasteiger partial charge < -0.3 is 10.6 Å². The highest BCUT2D eigenvalue weighted by atomic mass is 19.1. The van der Waals surface area contributed by atoms with Crippen molar-refractivity contribution < 1.29 is 18.5 Å². The number of hydrogen-bond acceptors (Lipinski definition) is 5. The summed E-state index contributed by atoms with van der Waals surface area (Å²) in [5, 5.41) is 24.4. The zero-order valence-corrected chi connectivity index (χ0v) is 12.5. The summed E-state index contributed by atoms with van der Waals surface area (Å²) in [5.74, 6) is -2.51. The second-order valence-corrected chi connectivity index (χ2v) is 4.70. The molecule has 2 aromatic carbocycles. The molecule has 0 unspecified atom stereocenters. The van der Waals surface area contributed by atoms with Crippen molar-refractivity contribution in [2.45, 2.75) is 0 Å². The second kappa shape index (κ2) is 7.65. The van der Waals surface area contributed by atoms with Crippen LogP contribution in [-0.4, -0.2) is 10.8 Å². The summed E-state index contributed by atoms with van der Waals surface area (Å²) in [5.41, 5.74) is -0.646. The lowest BCUT2D eigenvalue weighted by Gasteiger charge is -2.06. The number of nitriles is 1. The summed E-state index contributed by atoms with van der Waals surface area (Å²) in [6, 6.07) is 9.53. The fourth-order valence-electron chi connectivity index (χ4n) is 1.80. The monoisotopic (exact) mass is 344 g/mol. The molecule has 126 valence electrons. The van der Waals surface area contributed by atoms with E-state index in [9.17, 15) is 23.7 Å². The first-order valence-electron chi connectivity index (χ1n) is 6.78. The van der Waals surface area contributed by atoms with Gasteiger partial charge in [-0.25, -0.2) is 8.78 Å². The molecule has 25 heavy (non-hydrogen) atoms. The smallest absolute Gasteiger partial charge is 0.271 e. The molecule has 7 nitrogen and oxygen atoms in total. The summed E-state index contributed by atoms with van der Waals surface area (Å²) < 4.78 is 26.3. The molecule has 0 aliphatic carbocycles. The van der Waals surface area contributed by atoms with Crippen molar-refractivity contribution in [3.8, 4) is 6.07 Å². The number of carbonyl (C=O) groups excluding carboxylic acids is 1. The number of anilines is 2. The predicted octanol–water partition coefficient (Wildman–Crippen LogP) is 3.33. The SMILES string of the molecule is N#C/C(=C/Nc1ccc(F)cc1F)C(=O)Nc1cccc([N+](=O)[O-])c1. The molecule has 1 amide bonds. The van der Waals surface area contributed by atoms with E-state index in [-0.39, 0.29) is 17.1 Å². The molecule has 0 radical (unpaired) electrons.